The monoisotopic (exact) mass is 396 g/mol. The largest absolute Gasteiger partial charge is 0.491 e. The Hall–Kier alpha value is -2.60. The van der Waals surface area contributed by atoms with Crippen LogP contribution in [0.3, 0.4) is 0 Å². The highest BCUT2D eigenvalue weighted by Crippen LogP contribution is 2.37. The maximum atomic E-state index is 12.9. The molecule has 1 unspecified atom stereocenters. The first-order valence-electron chi connectivity index (χ1n) is 10.4. The minimum absolute atomic E-state index is 0.0142. The number of hydrogen-bond acceptors (Lipinski definition) is 4. The average Bonchev–Trinajstić information content (AvgIpc) is 2.96. The van der Waals surface area contributed by atoms with Crippen molar-refractivity contribution < 1.29 is 19.4 Å². The van der Waals surface area contributed by atoms with Gasteiger partial charge < -0.3 is 15.2 Å². The molecular formula is C23H28N2O4. The van der Waals surface area contributed by atoms with Crippen LogP contribution in [0.15, 0.2) is 42.5 Å². The van der Waals surface area contributed by atoms with Gasteiger partial charge in [0, 0.05) is 0 Å². The summed E-state index contributed by atoms with van der Waals surface area (Å²) in [6.07, 6.45) is 3.41. The summed E-state index contributed by atoms with van der Waals surface area (Å²) in [6.45, 7) is 2.12. The molecule has 1 atom stereocenters. The number of benzene rings is 2. The van der Waals surface area contributed by atoms with E-state index in [-0.39, 0.29) is 19.1 Å². The SMILES string of the molecule is CCC1CCC2(CC1)NC(=O)N(CC(O)COc1ccc3ccccc3c1)C2=O. The number of carbonyl (C=O) groups is 2. The van der Waals surface area contributed by atoms with Gasteiger partial charge >= 0.3 is 6.03 Å². The van der Waals surface area contributed by atoms with E-state index in [1.807, 2.05) is 42.5 Å². The number of hydrogen-bond donors (Lipinski definition) is 2. The summed E-state index contributed by atoms with van der Waals surface area (Å²) in [6, 6.07) is 13.3. The van der Waals surface area contributed by atoms with Crippen LogP contribution in [0.2, 0.25) is 0 Å². The van der Waals surface area contributed by atoms with E-state index in [1.54, 1.807) is 0 Å². The van der Waals surface area contributed by atoms with Crippen LogP contribution >= 0.6 is 0 Å². The van der Waals surface area contributed by atoms with Crippen LogP contribution in [0.1, 0.15) is 39.0 Å². The molecule has 29 heavy (non-hydrogen) atoms. The first-order valence-corrected chi connectivity index (χ1v) is 10.4. The zero-order chi connectivity index (χ0) is 20.4. The summed E-state index contributed by atoms with van der Waals surface area (Å²) in [5.41, 5.74) is -0.776. The zero-order valence-corrected chi connectivity index (χ0v) is 16.8. The number of imide groups is 1. The fraction of sp³-hybridized carbons (Fsp3) is 0.478. The van der Waals surface area contributed by atoms with Gasteiger partial charge in [0.05, 0.1) is 6.54 Å². The van der Waals surface area contributed by atoms with Crippen molar-refractivity contribution in [2.45, 2.75) is 50.7 Å². The smallest absolute Gasteiger partial charge is 0.325 e. The number of aliphatic hydroxyl groups is 1. The number of rotatable bonds is 6. The second-order valence-electron chi connectivity index (χ2n) is 8.25. The summed E-state index contributed by atoms with van der Waals surface area (Å²) in [5.74, 6) is 1.07. The Morgan fingerprint density at radius 1 is 1.17 bits per heavy atom. The molecule has 0 radical (unpaired) electrons. The molecule has 2 aromatic rings. The summed E-state index contributed by atoms with van der Waals surface area (Å²) < 4.78 is 5.70. The Morgan fingerprint density at radius 2 is 1.90 bits per heavy atom. The number of aliphatic hydroxyl groups excluding tert-OH is 1. The molecule has 1 saturated heterocycles. The number of carbonyl (C=O) groups excluding carboxylic acids is 2. The van der Waals surface area contributed by atoms with Crippen molar-refractivity contribution in [2.75, 3.05) is 13.2 Å². The molecule has 6 heteroatoms. The minimum Gasteiger partial charge on any atom is -0.491 e. The molecule has 2 N–H and O–H groups in total. The second kappa shape index (κ2) is 8.03. The molecule has 6 nitrogen and oxygen atoms in total. The Balaban J connectivity index is 1.34. The molecule has 3 amide bonds. The molecule has 1 spiro atoms. The highest BCUT2D eigenvalue weighted by Gasteiger charge is 2.52. The van der Waals surface area contributed by atoms with Gasteiger partial charge in [-0.2, -0.15) is 0 Å². The minimum atomic E-state index is -0.946. The lowest BCUT2D eigenvalue weighted by molar-refractivity contribution is -0.133. The van der Waals surface area contributed by atoms with E-state index >= 15 is 0 Å². The van der Waals surface area contributed by atoms with Crippen molar-refractivity contribution >= 4 is 22.7 Å². The summed E-state index contributed by atoms with van der Waals surface area (Å²) >= 11 is 0. The lowest BCUT2D eigenvalue weighted by Gasteiger charge is -2.34. The Labute approximate surface area is 170 Å². The van der Waals surface area contributed by atoms with Crippen molar-refractivity contribution in [2.24, 2.45) is 5.92 Å². The van der Waals surface area contributed by atoms with E-state index in [1.165, 1.54) is 0 Å². The van der Waals surface area contributed by atoms with Crippen molar-refractivity contribution in [1.29, 1.82) is 0 Å². The predicted octanol–water partition coefficient (Wildman–Crippen LogP) is 3.47. The Kier molecular flexibility index (Phi) is 5.46. The van der Waals surface area contributed by atoms with E-state index in [4.69, 9.17) is 4.74 Å². The normalized spacial score (nSPS) is 25.4. The molecule has 1 aliphatic carbocycles. The molecule has 2 fully saturated rings. The third-order valence-electron chi connectivity index (χ3n) is 6.34. The topological polar surface area (TPSA) is 78.9 Å². The van der Waals surface area contributed by atoms with Crippen molar-refractivity contribution in [1.82, 2.24) is 10.2 Å². The van der Waals surface area contributed by atoms with Crippen LogP contribution in [-0.2, 0) is 4.79 Å². The van der Waals surface area contributed by atoms with Gasteiger partial charge in [0.1, 0.15) is 24.0 Å². The second-order valence-corrected chi connectivity index (χ2v) is 8.25. The number of amides is 3. The molecule has 154 valence electrons. The third kappa shape index (κ3) is 3.94. The molecule has 0 bridgehead atoms. The third-order valence-corrected chi connectivity index (χ3v) is 6.34. The molecule has 1 aliphatic heterocycles. The maximum Gasteiger partial charge on any atom is 0.325 e. The molecule has 4 rings (SSSR count). The van der Waals surface area contributed by atoms with Gasteiger partial charge in [-0.25, -0.2) is 4.79 Å². The van der Waals surface area contributed by atoms with Crippen LogP contribution in [0.4, 0.5) is 4.79 Å². The van der Waals surface area contributed by atoms with E-state index in [2.05, 4.69) is 12.2 Å². The average molecular weight is 396 g/mol. The number of fused-ring (bicyclic) bond motifs is 1. The number of nitrogens with zero attached hydrogens (tertiary/aromatic N) is 1. The van der Waals surface area contributed by atoms with Crippen molar-refractivity contribution in [3.63, 3.8) is 0 Å². The molecular weight excluding hydrogens is 368 g/mol. The van der Waals surface area contributed by atoms with Crippen molar-refractivity contribution in [3.05, 3.63) is 42.5 Å². The first kappa shape index (κ1) is 19.7. The molecule has 1 heterocycles. The van der Waals surface area contributed by atoms with E-state index in [0.29, 0.717) is 24.5 Å². The molecule has 0 aromatic heterocycles. The Morgan fingerprint density at radius 3 is 2.62 bits per heavy atom. The molecule has 1 saturated carbocycles. The van der Waals surface area contributed by atoms with Crippen LogP contribution < -0.4 is 10.1 Å². The zero-order valence-electron chi connectivity index (χ0n) is 16.8. The van der Waals surface area contributed by atoms with E-state index in [0.717, 1.165) is 34.9 Å². The van der Waals surface area contributed by atoms with Gasteiger partial charge in [0.2, 0.25) is 0 Å². The van der Waals surface area contributed by atoms with E-state index < -0.39 is 17.7 Å². The number of ether oxygens (including phenoxy) is 1. The van der Waals surface area contributed by atoms with Crippen LogP contribution in [0.25, 0.3) is 10.8 Å². The predicted molar refractivity (Wildman–Crippen MR) is 111 cm³/mol. The number of β-amino-alcohol motifs (C(OH)–C–C–N with tert-alkyl or cyclic N) is 1. The number of nitrogens with one attached hydrogen (secondary N) is 1. The lowest BCUT2D eigenvalue weighted by atomic mass is 9.75. The summed E-state index contributed by atoms with van der Waals surface area (Å²) in [7, 11) is 0. The maximum absolute atomic E-state index is 12.9. The quantitative estimate of drug-likeness (QED) is 0.733. The van der Waals surface area contributed by atoms with Gasteiger partial charge in [-0.3, -0.25) is 9.69 Å². The summed E-state index contributed by atoms with van der Waals surface area (Å²) in [4.78, 5) is 26.5. The van der Waals surface area contributed by atoms with Gasteiger partial charge in [-0.05, 0) is 54.5 Å². The van der Waals surface area contributed by atoms with Gasteiger partial charge in [-0.1, -0.05) is 43.7 Å². The summed E-state index contributed by atoms with van der Waals surface area (Å²) in [5, 5.41) is 15.5. The fourth-order valence-electron chi connectivity index (χ4n) is 4.47. The highest BCUT2D eigenvalue weighted by atomic mass is 16.5. The van der Waals surface area contributed by atoms with Gasteiger partial charge in [0.15, 0.2) is 0 Å². The molecule has 2 aromatic carbocycles. The van der Waals surface area contributed by atoms with Crippen molar-refractivity contribution in [3.8, 4) is 5.75 Å². The number of urea groups is 1. The fourth-order valence-corrected chi connectivity index (χ4v) is 4.47. The lowest BCUT2D eigenvalue weighted by Crippen LogP contribution is -2.50. The van der Waals surface area contributed by atoms with Crippen LogP contribution in [0.5, 0.6) is 5.75 Å². The highest BCUT2D eigenvalue weighted by molar-refractivity contribution is 6.07. The van der Waals surface area contributed by atoms with Crippen LogP contribution in [-0.4, -0.2) is 46.7 Å². The molecule has 2 aliphatic rings. The van der Waals surface area contributed by atoms with Gasteiger partial charge in [-0.15, -0.1) is 0 Å². The standard InChI is InChI=1S/C23H28N2O4/c1-2-16-9-11-23(12-10-16)21(27)25(22(28)24-23)14-19(26)15-29-20-8-7-17-5-3-4-6-18(17)13-20/h3-8,13,16,19,26H,2,9-12,14-15H2,1H3,(H,24,28). The Bertz CT molecular complexity index is 905. The van der Waals surface area contributed by atoms with E-state index in [9.17, 15) is 14.7 Å². The van der Waals surface area contributed by atoms with Gasteiger partial charge in [0.25, 0.3) is 5.91 Å². The van der Waals surface area contributed by atoms with Crippen LogP contribution in [0, 0.1) is 5.92 Å². The first-order chi connectivity index (χ1) is 14.0.